The first-order chi connectivity index (χ1) is 25.5. The Balaban J connectivity index is 1.24. The number of fused-ring (bicyclic) bond motifs is 6. The van der Waals surface area contributed by atoms with Crippen LogP contribution in [-0.2, 0) is 7.05 Å². The second-order valence-corrected chi connectivity index (χ2v) is 15.4. The first kappa shape index (κ1) is 30.6. The van der Waals surface area contributed by atoms with Gasteiger partial charge in [-0.2, -0.15) is 0 Å². The number of anilines is 3. The number of rotatable bonds is 7. The molecule has 0 atom stereocenters. The standard InChI is InChI=1S/C45H35N4O2P/c1-30-25-31(2)47(28-30)41-29-50-45-38(41)27-43(51-45)48(32-15-7-4-8-16-32)42-26-37-39(46(42)3)24-23-36-35-21-13-14-22-40(35)49(44(36)37)52(33-17-9-5-10-18-33)34-19-11-6-12-20-34/h4-29H,1-3H3. The Labute approximate surface area is 302 Å². The second-order valence-electron chi connectivity index (χ2n) is 13.4. The average molecular weight is 695 g/mol. The molecule has 0 amide bonds. The van der Waals surface area contributed by atoms with Crippen LogP contribution < -0.4 is 15.5 Å². The van der Waals surface area contributed by atoms with Crippen LogP contribution in [0.15, 0.2) is 167 Å². The van der Waals surface area contributed by atoms with Crippen molar-refractivity contribution in [3.63, 3.8) is 0 Å². The summed E-state index contributed by atoms with van der Waals surface area (Å²) in [5.41, 5.74) is 7.88. The van der Waals surface area contributed by atoms with Gasteiger partial charge in [0.2, 0.25) is 5.88 Å². The van der Waals surface area contributed by atoms with E-state index < -0.39 is 8.07 Å². The molecule has 0 saturated heterocycles. The molecule has 6 nitrogen and oxygen atoms in total. The van der Waals surface area contributed by atoms with Crippen molar-refractivity contribution in [1.29, 1.82) is 0 Å². The number of para-hydroxylation sites is 2. The third-order valence-electron chi connectivity index (χ3n) is 10.1. The maximum Gasteiger partial charge on any atom is 0.301 e. The van der Waals surface area contributed by atoms with Gasteiger partial charge in [-0.1, -0.05) is 103 Å². The molecule has 0 aliphatic heterocycles. The van der Waals surface area contributed by atoms with E-state index >= 15 is 0 Å². The van der Waals surface area contributed by atoms with Crippen molar-refractivity contribution in [2.24, 2.45) is 7.05 Å². The van der Waals surface area contributed by atoms with Crippen molar-refractivity contribution in [3.05, 3.63) is 169 Å². The zero-order valence-electron chi connectivity index (χ0n) is 29.1. The molecule has 0 unspecified atom stereocenters. The largest absolute Gasteiger partial charge is 0.431 e. The van der Waals surface area contributed by atoms with Crippen LogP contribution in [0.2, 0.25) is 0 Å². The van der Waals surface area contributed by atoms with E-state index in [9.17, 15) is 0 Å². The van der Waals surface area contributed by atoms with Crippen LogP contribution in [0.1, 0.15) is 11.3 Å². The molecule has 0 fully saturated rings. The zero-order chi connectivity index (χ0) is 34.9. The monoisotopic (exact) mass is 694 g/mol. The fourth-order valence-corrected chi connectivity index (χ4v) is 10.3. The summed E-state index contributed by atoms with van der Waals surface area (Å²) in [4.78, 5) is 2.20. The van der Waals surface area contributed by atoms with Gasteiger partial charge in [0.05, 0.1) is 41.4 Å². The van der Waals surface area contributed by atoms with Crippen molar-refractivity contribution in [1.82, 2.24) is 13.5 Å². The minimum Gasteiger partial charge on any atom is -0.431 e. The van der Waals surface area contributed by atoms with Crippen LogP contribution in [0.25, 0.3) is 49.6 Å². The highest BCUT2D eigenvalue weighted by atomic mass is 31.1. The van der Waals surface area contributed by atoms with Gasteiger partial charge in [0.1, 0.15) is 12.1 Å². The van der Waals surface area contributed by atoms with E-state index in [-0.39, 0.29) is 0 Å². The molecule has 10 rings (SSSR count). The number of hydrogen-bond acceptors (Lipinski definition) is 3. The number of furan rings is 2. The van der Waals surface area contributed by atoms with Crippen molar-refractivity contribution in [2.45, 2.75) is 13.8 Å². The van der Waals surface area contributed by atoms with Crippen LogP contribution in [0.4, 0.5) is 17.4 Å². The lowest BCUT2D eigenvalue weighted by atomic mass is 10.1. The molecule has 0 spiro atoms. The third kappa shape index (κ3) is 4.68. The van der Waals surface area contributed by atoms with E-state index in [4.69, 9.17) is 8.83 Å². The molecule has 7 heteroatoms. The SMILES string of the molecule is Cc1cc(C)n(-c2coc3oc(N(c4ccccc4)c4cc5c(ccc6c7ccccc7n(P(c7ccccc7)c7ccccc7)c65)n4C)cc23)c1. The Morgan fingerprint density at radius 2 is 1.29 bits per heavy atom. The quantitative estimate of drug-likeness (QED) is 0.156. The van der Waals surface area contributed by atoms with E-state index in [0.717, 1.165) is 33.8 Å². The summed E-state index contributed by atoms with van der Waals surface area (Å²) >= 11 is 0. The van der Waals surface area contributed by atoms with Gasteiger partial charge in [-0.25, -0.2) is 0 Å². The van der Waals surface area contributed by atoms with Crippen molar-refractivity contribution >= 4 is 79.9 Å². The summed E-state index contributed by atoms with van der Waals surface area (Å²) in [7, 11) is 1.19. The minimum absolute atomic E-state index is 0.495. The second kappa shape index (κ2) is 11.9. The number of aryl methyl sites for hydroxylation is 3. The molecule has 5 aromatic carbocycles. The summed E-state index contributed by atoms with van der Waals surface area (Å²) in [6.07, 6.45) is 3.91. The molecule has 0 aliphatic carbocycles. The van der Waals surface area contributed by atoms with Crippen LogP contribution >= 0.6 is 8.07 Å². The van der Waals surface area contributed by atoms with Crippen LogP contribution in [-0.4, -0.2) is 13.5 Å². The predicted molar refractivity (Wildman–Crippen MR) is 216 cm³/mol. The fourth-order valence-electron chi connectivity index (χ4n) is 7.82. The highest BCUT2D eigenvalue weighted by Crippen LogP contribution is 2.48. The van der Waals surface area contributed by atoms with E-state index in [1.54, 1.807) is 6.26 Å². The van der Waals surface area contributed by atoms with Crippen molar-refractivity contribution in [3.8, 4) is 5.69 Å². The Hall–Kier alpha value is -6.23. The maximum atomic E-state index is 6.58. The number of benzene rings is 5. The predicted octanol–water partition coefficient (Wildman–Crippen LogP) is 11.4. The number of hydrogen-bond donors (Lipinski definition) is 0. The van der Waals surface area contributed by atoms with Crippen molar-refractivity contribution < 1.29 is 8.83 Å². The smallest absolute Gasteiger partial charge is 0.301 e. The van der Waals surface area contributed by atoms with Gasteiger partial charge in [0, 0.05) is 51.8 Å². The zero-order valence-corrected chi connectivity index (χ0v) is 30.0. The lowest BCUT2D eigenvalue weighted by Gasteiger charge is -2.23. The molecule has 252 valence electrons. The molecule has 0 radical (unpaired) electrons. The Morgan fingerprint density at radius 3 is 1.98 bits per heavy atom. The van der Waals surface area contributed by atoms with E-state index in [0.29, 0.717) is 11.7 Å². The lowest BCUT2D eigenvalue weighted by molar-refractivity contribution is 0.481. The van der Waals surface area contributed by atoms with Gasteiger partial charge in [0.15, 0.2) is 0 Å². The Kier molecular flexibility index (Phi) is 7.02. The van der Waals surface area contributed by atoms with Crippen LogP contribution in [0, 0.1) is 13.8 Å². The van der Waals surface area contributed by atoms with Gasteiger partial charge < -0.3 is 22.3 Å². The van der Waals surface area contributed by atoms with Gasteiger partial charge >= 0.3 is 5.78 Å². The van der Waals surface area contributed by atoms with E-state index in [1.165, 1.54) is 43.4 Å². The molecule has 5 heterocycles. The molecule has 0 bridgehead atoms. The third-order valence-corrected chi connectivity index (χ3v) is 12.5. The first-order valence-corrected chi connectivity index (χ1v) is 18.8. The Morgan fingerprint density at radius 1 is 0.615 bits per heavy atom. The highest BCUT2D eigenvalue weighted by Gasteiger charge is 2.27. The first-order valence-electron chi connectivity index (χ1n) is 17.5. The fraction of sp³-hybridized carbons (Fsp3) is 0.0667. The van der Waals surface area contributed by atoms with Gasteiger partial charge in [-0.15, -0.1) is 0 Å². The average Bonchev–Trinajstić information content (AvgIpc) is 3.99. The molecule has 5 aromatic heterocycles. The van der Waals surface area contributed by atoms with Gasteiger partial charge in [0.25, 0.3) is 0 Å². The molecule has 10 aromatic rings. The van der Waals surface area contributed by atoms with Crippen molar-refractivity contribution in [2.75, 3.05) is 4.90 Å². The normalized spacial score (nSPS) is 11.9. The van der Waals surface area contributed by atoms with Crippen LogP contribution in [0.3, 0.4) is 0 Å². The molecule has 0 aliphatic rings. The summed E-state index contributed by atoms with van der Waals surface area (Å²) in [6, 6.07) is 52.3. The molecular formula is C45H35N4O2P. The lowest BCUT2D eigenvalue weighted by Crippen LogP contribution is -2.16. The Bertz CT molecular complexity index is 2850. The maximum absolute atomic E-state index is 6.58. The van der Waals surface area contributed by atoms with E-state index in [2.05, 4.69) is 185 Å². The number of nitrogens with zero attached hydrogens (tertiary/aromatic N) is 4. The highest BCUT2D eigenvalue weighted by molar-refractivity contribution is 7.72. The molecular weight excluding hydrogens is 659 g/mol. The van der Waals surface area contributed by atoms with Crippen LogP contribution in [0.5, 0.6) is 0 Å². The summed E-state index contributed by atoms with van der Waals surface area (Å²) in [6.45, 7) is 4.22. The number of aromatic nitrogens is 3. The molecule has 52 heavy (non-hydrogen) atoms. The summed E-state index contributed by atoms with van der Waals surface area (Å²) in [5.74, 6) is 2.16. The summed E-state index contributed by atoms with van der Waals surface area (Å²) < 4.78 is 19.7. The summed E-state index contributed by atoms with van der Waals surface area (Å²) in [5, 5.41) is 7.19. The molecule has 0 N–H and O–H groups in total. The van der Waals surface area contributed by atoms with Gasteiger partial charge in [-0.05, 0) is 55.8 Å². The van der Waals surface area contributed by atoms with Gasteiger partial charge in [-0.3, -0.25) is 4.90 Å². The van der Waals surface area contributed by atoms with E-state index in [1.807, 2.05) is 6.07 Å². The topological polar surface area (TPSA) is 44.3 Å². The minimum atomic E-state index is -0.959. The molecule has 0 saturated carbocycles.